The van der Waals surface area contributed by atoms with Gasteiger partial charge < -0.3 is 14.8 Å². The van der Waals surface area contributed by atoms with E-state index < -0.39 is 0 Å². The molecule has 0 spiro atoms. The van der Waals surface area contributed by atoms with Gasteiger partial charge in [-0.25, -0.2) is 4.98 Å². The Morgan fingerprint density at radius 1 is 1.24 bits per heavy atom. The fourth-order valence-electron chi connectivity index (χ4n) is 1.27. The van der Waals surface area contributed by atoms with Crippen LogP contribution >= 0.6 is 11.3 Å². The van der Waals surface area contributed by atoms with Crippen molar-refractivity contribution in [2.45, 2.75) is 33.4 Å². The molecule has 0 unspecified atom stereocenters. The van der Waals surface area contributed by atoms with Crippen molar-refractivity contribution < 1.29 is 9.47 Å². The molecule has 0 aromatic carbocycles. The normalized spacial score (nSPS) is 10.9. The maximum atomic E-state index is 5.48. The zero-order valence-electron chi connectivity index (χ0n) is 10.7. The molecule has 0 fully saturated rings. The predicted octanol–water partition coefficient (Wildman–Crippen LogP) is 2.20. The highest BCUT2D eigenvalue weighted by atomic mass is 32.1. The van der Waals surface area contributed by atoms with E-state index in [1.165, 1.54) is 0 Å². The van der Waals surface area contributed by atoms with Crippen LogP contribution in [-0.4, -0.2) is 31.3 Å². The first kappa shape index (κ1) is 14.6. The molecule has 1 aromatic rings. The highest BCUT2D eigenvalue weighted by molar-refractivity contribution is 7.09. The number of thiazole rings is 1. The molecular formula is C12H22N2O2S. The van der Waals surface area contributed by atoms with E-state index in [0.29, 0.717) is 19.8 Å². The number of hydrogen-bond acceptors (Lipinski definition) is 5. The fourth-order valence-corrected chi connectivity index (χ4v) is 2.02. The summed E-state index contributed by atoms with van der Waals surface area (Å²) in [4.78, 5) is 4.47. The molecule has 1 rings (SSSR count). The molecule has 1 aromatic heterocycles. The minimum absolute atomic E-state index is 0.581. The van der Waals surface area contributed by atoms with Crippen molar-refractivity contribution in [3.8, 4) is 0 Å². The largest absolute Gasteiger partial charge is 0.379 e. The molecule has 17 heavy (non-hydrogen) atoms. The summed E-state index contributed by atoms with van der Waals surface area (Å²) in [5.41, 5.74) is 1.01. The van der Waals surface area contributed by atoms with Gasteiger partial charge in [-0.05, 0) is 13.0 Å². The maximum absolute atomic E-state index is 5.48. The van der Waals surface area contributed by atoms with Gasteiger partial charge in [-0.3, -0.25) is 0 Å². The Hall–Kier alpha value is -0.490. The second-order valence-electron chi connectivity index (χ2n) is 3.68. The molecule has 0 bridgehead atoms. The quantitative estimate of drug-likeness (QED) is 0.653. The van der Waals surface area contributed by atoms with Crippen LogP contribution in [0.3, 0.4) is 0 Å². The predicted molar refractivity (Wildman–Crippen MR) is 70.3 cm³/mol. The summed E-state index contributed by atoms with van der Waals surface area (Å²) in [7, 11) is 0. The number of hydrogen-bond donors (Lipinski definition) is 1. The van der Waals surface area contributed by atoms with Crippen LogP contribution in [0.1, 0.15) is 31.0 Å². The van der Waals surface area contributed by atoms with Gasteiger partial charge in [-0.2, -0.15) is 0 Å². The lowest BCUT2D eigenvalue weighted by molar-refractivity contribution is 0.0398. The molecule has 0 aliphatic carbocycles. The van der Waals surface area contributed by atoms with Gasteiger partial charge in [0.1, 0.15) is 5.01 Å². The highest BCUT2D eigenvalue weighted by Gasteiger charge is 2.01. The maximum Gasteiger partial charge on any atom is 0.107 e. The number of nitrogens with zero attached hydrogens (tertiary/aromatic N) is 1. The molecule has 0 aliphatic heterocycles. The molecule has 0 saturated carbocycles. The zero-order valence-corrected chi connectivity index (χ0v) is 11.5. The molecule has 0 aliphatic rings. The van der Waals surface area contributed by atoms with E-state index in [4.69, 9.17) is 9.47 Å². The Morgan fingerprint density at radius 2 is 2.06 bits per heavy atom. The number of rotatable bonds is 10. The lowest BCUT2D eigenvalue weighted by Crippen LogP contribution is -2.11. The Kier molecular flexibility index (Phi) is 8.17. The smallest absolute Gasteiger partial charge is 0.107 e. The van der Waals surface area contributed by atoms with Gasteiger partial charge in [-0.15, -0.1) is 11.3 Å². The van der Waals surface area contributed by atoms with Gasteiger partial charge in [0, 0.05) is 18.5 Å². The highest BCUT2D eigenvalue weighted by Crippen LogP contribution is 2.10. The van der Waals surface area contributed by atoms with Crippen LogP contribution in [0.25, 0.3) is 0 Å². The molecule has 1 heterocycles. The van der Waals surface area contributed by atoms with Crippen LogP contribution < -0.4 is 5.32 Å². The summed E-state index contributed by atoms with van der Waals surface area (Å²) < 4.78 is 10.8. The van der Waals surface area contributed by atoms with E-state index in [0.717, 1.165) is 36.8 Å². The van der Waals surface area contributed by atoms with Gasteiger partial charge in [0.25, 0.3) is 0 Å². The summed E-state index contributed by atoms with van der Waals surface area (Å²) in [6, 6.07) is 0. The van der Waals surface area contributed by atoms with Crippen molar-refractivity contribution in [3.05, 3.63) is 16.1 Å². The van der Waals surface area contributed by atoms with Gasteiger partial charge >= 0.3 is 0 Å². The van der Waals surface area contributed by atoms with Crippen LogP contribution in [0.15, 0.2) is 5.38 Å². The summed E-state index contributed by atoms with van der Waals surface area (Å²) in [6.45, 7) is 8.71. The Balaban J connectivity index is 2.08. The summed E-state index contributed by atoms with van der Waals surface area (Å²) in [5.74, 6) is 0. The van der Waals surface area contributed by atoms with Crippen LogP contribution in [0.2, 0.25) is 0 Å². The van der Waals surface area contributed by atoms with Crippen molar-refractivity contribution >= 4 is 11.3 Å². The second-order valence-corrected chi connectivity index (χ2v) is 4.62. The summed E-state index contributed by atoms with van der Waals surface area (Å²) in [5, 5.41) is 6.43. The summed E-state index contributed by atoms with van der Waals surface area (Å²) >= 11 is 1.68. The summed E-state index contributed by atoms with van der Waals surface area (Å²) in [6.07, 6.45) is 1.06. The van der Waals surface area contributed by atoms with Crippen LogP contribution in [0, 0.1) is 0 Å². The van der Waals surface area contributed by atoms with Crippen LogP contribution in [-0.2, 0) is 22.6 Å². The Labute approximate surface area is 107 Å². The van der Waals surface area contributed by atoms with Crippen molar-refractivity contribution in [2.75, 3.05) is 26.4 Å². The van der Waals surface area contributed by atoms with Crippen LogP contribution in [0.4, 0.5) is 0 Å². The minimum atomic E-state index is 0.581. The average molecular weight is 258 g/mol. The molecule has 0 atom stereocenters. The molecule has 1 N–H and O–H groups in total. The third kappa shape index (κ3) is 6.73. The van der Waals surface area contributed by atoms with Gasteiger partial charge in [-0.1, -0.05) is 13.8 Å². The second kappa shape index (κ2) is 9.53. The van der Waals surface area contributed by atoms with Gasteiger partial charge in [0.05, 0.1) is 25.5 Å². The molecule has 4 nitrogen and oxygen atoms in total. The van der Waals surface area contributed by atoms with Crippen molar-refractivity contribution in [3.63, 3.8) is 0 Å². The first-order chi connectivity index (χ1) is 8.36. The molecule has 5 heteroatoms. The van der Waals surface area contributed by atoms with Crippen molar-refractivity contribution in [2.24, 2.45) is 0 Å². The average Bonchev–Trinajstić information content (AvgIpc) is 2.79. The van der Waals surface area contributed by atoms with Gasteiger partial charge in [0.15, 0.2) is 0 Å². The topological polar surface area (TPSA) is 43.4 Å². The van der Waals surface area contributed by atoms with Gasteiger partial charge in [0.2, 0.25) is 0 Å². The minimum Gasteiger partial charge on any atom is -0.379 e. The van der Waals surface area contributed by atoms with E-state index in [9.17, 15) is 0 Å². The molecule has 0 radical (unpaired) electrons. The monoisotopic (exact) mass is 258 g/mol. The van der Waals surface area contributed by atoms with E-state index >= 15 is 0 Å². The molecule has 0 saturated heterocycles. The van der Waals surface area contributed by atoms with E-state index in [2.05, 4.69) is 29.5 Å². The van der Waals surface area contributed by atoms with E-state index in [1.54, 1.807) is 11.3 Å². The van der Waals surface area contributed by atoms with E-state index in [1.807, 2.05) is 0 Å². The standard InChI is InChI=1S/C12H22N2O2S/c1-3-5-15-6-7-16-9-11-10-17-12(14-11)8-13-4-2/h10,13H,3-9H2,1-2H3. The number of aromatic nitrogens is 1. The number of nitrogens with one attached hydrogen (secondary N) is 1. The molecule has 0 amide bonds. The lowest BCUT2D eigenvalue weighted by atomic mass is 10.5. The lowest BCUT2D eigenvalue weighted by Gasteiger charge is -2.03. The SMILES string of the molecule is CCCOCCOCc1csc(CNCC)n1. The van der Waals surface area contributed by atoms with Crippen molar-refractivity contribution in [1.82, 2.24) is 10.3 Å². The first-order valence-corrected chi connectivity index (χ1v) is 7.04. The van der Waals surface area contributed by atoms with Crippen LogP contribution in [0.5, 0.6) is 0 Å². The zero-order chi connectivity index (χ0) is 12.3. The third-order valence-electron chi connectivity index (χ3n) is 2.10. The third-order valence-corrected chi connectivity index (χ3v) is 2.99. The first-order valence-electron chi connectivity index (χ1n) is 6.16. The Morgan fingerprint density at radius 3 is 2.82 bits per heavy atom. The Bertz CT molecular complexity index is 292. The molecule has 98 valence electrons. The number of ether oxygens (including phenoxy) is 2. The molecular weight excluding hydrogens is 236 g/mol. The fraction of sp³-hybridized carbons (Fsp3) is 0.750. The van der Waals surface area contributed by atoms with E-state index in [-0.39, 0.29) is 0 Å². The van der Waals surface area contributed by atoms with Crippen molar-refractivity contribution in [1.29, 1.82) is 0 Å².